The van der Waals surface area contributed by atoms with Gasteiger partial charge in [-0.05, 0) is 31.0 Å². The lowest BCUT2D eigenvalue weighted by atomic mass is 10.1. The summed E-state index contributed by atoms with van der Waals surface area (Å²) in [4.78, 5) is 24.5. The molecule has 21 heavy (non-hydrogen) atoms. The summed E-state index contributed by atoms with van der Waals surface area (Å²) in [5.74, 6) is -0.870. The molecular formula is C15H20N2O4. The second-order valence-corrected chi connectivity index (χ2v) is 5.18. The van der Waals surface area contributed by atoms with Crippen molar-refractivity contribution in [2.24, 2.45) is 0 Å². The average Bonchev–Trinajstić information content (AvgIpc) is 2.65. The number of nitrogens with zero attached hydrogens (tertiary/aromatic N) is 1. The summed E-state index contributed by atoms with van der Waals surface area (Å²) in [6, 6.07) is 6.69. The first-order valence-corrected chi connectivity index (χ1v) is 7.03. The highest BCUT2D eigenvalue weighted by Crippen LogP contribution is 2.12. The third-order valence-electron chi connectivity index (χ3n) is 3.30. The molecule has 1 heterocycles. The number of carbonyl (C=O) groups excluding carboxylic acids is 1. The van der Waals surface area contributed by atoms with Crippen LogP contribution in [0, 0.1) is 0 Å². The number of nitrogens with one attached hydrogen (secondary N) is 1. The summed E-state index contributed by atoms with van der Waals surface area (Å²) in [5.41, 5.74) is 1.37. The molecule has 1 saturated heterocycles. The summed E-state index contributed by atoms with van der Waals surface area (Å²) < 4.78 is 5.51. The van der Waals surface area contributed by atoms with E-state index in [4.69, 9.17) is 9.84 Å². The van der Waals surface area contributed by atoms with Gasteiger partial charge in [0.1, 0.15) is 0 Å². The van der Waals surface area contributed by atoms with Crippen LogP contribution in [-0.2, 0) is 16.0 Å². The lowest BCUT2D eigenvalue weighted by molar-refractivity contribution is -0.136. The third kappa shape index (κ3) is 4.75. The maximum absolute atomic E-state index is 12.2. The first-order chi connectivity index (χ1) is 10.0. The fourth-order valence-corrected chi connectivity index (χ4v) is 2.26. The number of anilines is 1. The summed E-state index contributed by atoms with van der Waals surface area (Å²) in [6.45, 7) is 3.87. The van der Waals surface area contributed by atoms with Gasteiger partial charge in [0.15, 0.2) is 0 Å². The molecule has 1 aromatic carbocycles. The highest BCUT2D eigenvalue weighted by atomic mass is 16.5. The molecule has 1 aromatic rings. The number of carboxylic acids is 1. The number of hydrogen-bond donors (Lipinski definition) is 2. The van der Waals surface area contributed by atoms with E-state index in [0.29, 0.717) is 30.9 Å². The van der Waals surface area contributed by atoms with Gasteiger partial charge in [-0.25, -0.2) is 4.79 Å². The Kier molecular flexibility index (Phi) is 5.16. The average molecular weight is 292 g/mol. The predicted octanol–water partition coefficient (Wildman–Crippen LogP) is 1.96. The summed E-state index contributed by atoms with van der Waals surface area (Å²) in [7, 11) is 0. The number of benzene rings is 1. The Labute approximate surface area is 123 Å². The number of rotatable bonds is 3. The van der Waals surface area contributed by atoms with Crippen molar-refractivity contribution in [1.82, 2.24) is 4.90 Å². The lowest BCUT2D eigenvalue weighted by Gasteiger charge is -2.22. The minimum absolute atomic E-state index is 0.0186. The molecule has 0 aliphatic carbocycles. The summed E-state index contributed by atoms with van der Waals surface area (Å²) in [6.07, 6.45) is 0.848. The zero-order valence-corrected chi connectivity index (χ0v) is 12.0. The Morgan fingerprint density at radius 1 is 1.38 bits per heavy atom. The number of ether oxygens (including phenoxy) is 1. The molecule has 1 unspecified atom stereocenters. The SMILES string of the molecule is CC1CN(C(=O)Nc2ccc(CC(=O)O)cc2)CCCO1. The van der Waals surface area contributed by atoms with Crippen molar-refractivity contribution in [3.05, 3.63) is 29.8 Å². The minimum Gasteiger partial charge on any atom is -0.481 e. The monoisotopic (exact) mass is 292 g/mol. The molecule has 114 valence electrons. The van der Waals surface area contributed by atoms with Crippen molar-refractivity contribution < 1.29 is 19.4 Å². The molecule has 6 heteroatoms. The molecule has 0 aromatic heterocycles. The van der Waals surface area contributed by atoms with E-state index < -0.39 is 5.97 Å². The van der Waals surface area contributed by atoms with E-state index in [1.807, 2.05) is 6.92 Å². The molecule has 1 aliphatic rings. The maximum atomic E-state index is 12.2. The van der Waals surface area contributed by atoms with Gasteiger partial charge in [-0.1, -0.05) is 12.1 Å². The zero-order chi connectivity index (χ0) is 15.2. The smallest absolute Gasteiger partial charge is 0.321 e. The van der Waals surface area contributed by atoms with Gasteiger partial charge < -0.3 is 20.1 Å². The molecule has 0 bridgehead atoms. The van der Waals surface area contributed by atoms with Crippen LogP contribution in [0.15, 0.2) is 24.3 Å². The largest absolute Gasteiger partial charge is 0.481 e. The second kappa shape index (κ2) is 7.08. The van der Waals surface area contributed by atoms with Gasteiger partial charge in [-0.3, -0.25) is 4.79 Å². The van der Waals surface area contributed by atoms with Gasteiger partial charge in [0.2, 0.25) is 0 Å². The Hall–Kier alpha value is -2.08. The Bertz CT molecular complexity index is 501. The number of carbonyl (C=O) groups is 2. The van der Waals surface area contributed by atoms with Gasteiger partial charge in [0.05, 0.1) is 12.5 Å². The third-order valence-corrected chi connectivity index (χ3v) is 3.30. The first kappa shape index (κ1) is 15.3. The molecular weight excluding hydrogens is 272 g/mol. The van der Waals surface area contributed by atoms with E-state index in [1.165, 1.54) is 0 Å². The van der Waals surface area contributed by atoms with Crippen LogP contribution in [0.4, 0.5) is 10.5 Å². The molecule has 6 nitrogen and oxygen atoms in total. The Morgan fingerprint density at radius 2 is 2.10 bits per heavy atom. The van der Waals surface area contributed by atoms with E-state index in [2.05, 4.69) is 5.32 Å². The normalized spacial score (nSPS) is 18.9. The molecule has 0 radical (unpaired) electrons. The van der Waals surface area contributed by atoms with Gasteiger partial charge in [0, 0.05) is 25.4 Å². The van der Waals surface area contributed by atoms with Crippen molar-refractivity contribution >= 4 is 17.7 Å². The van der Waals surface area contributed by atoms with E-state index in [-0.39, 0.29) is 18.6 Å². The minimum atomic E-state index is -0.870. The number of hydrogen-bond acceptors (Lipinski definition) is 3. The standard InChI is InChI=1S/C15H20N2O4/c1-11-10-17(7-2-8-21-11)15(20)16-13-5-3-12(4-6-13)9-14(18)19/h3-6,11H,2,7-10H2,1H3,(H,16,20)(H,18,19). The summed E-state index contributed by atoms with van der Waals surface area (Å²) >= 11 is 0. The van der Waals surface area contributed by atoms with Crippen LogP contribution < -0.4 is 5.32 Å². The first-order valence-electron chi connectivity index (χ1n) is 7.03. The number of carboxylic acid groups (broad SMARTS) is 1. The van der Waals surface area contributed by atoms with Crippen LogP contribution in [0.5, 0.6) is 0 Å². The number of amides is 2. The van der Waals surface area contributed by atoms with Crippen molar-refractivity contribution in [1.29, 1.82) is 0 Å². The Morgan fingerprint density at radius 3 is 2.76 bits per heavy atom. The molecule has 0 spiro atoms. The van der Waals surface area contributed by atoms with Crippen LogP contribution in [0.2, 0.25) is 0 Å². The van der Waals surface area contributed by atoms with Crippen molar-refractivity contribution in [2.75, 3.05) is 25.0 Å². The molecule has 0 saturated carbocycles. The predicted molar refractivity (Wildman–Crippen MR) is 78.4 cm³/mol. The van der Waals surface area contributed by atoms with Gasteiger partial charge in [-0.2, -0.15) is 0 Å². The van der Waals surface area contributed by atoms with E-state index in [0.717, 1.165) is 6.42 Å². The van der Waals surface area contributed by atoms with Crippen LogP contribution in [-0.4, -0.2) is 47.8 Å². The quantitative estimate of drug-likeness (QED) is 0.892. The van der Waals surface area contributed by atoms with E-state index >= 15 is 0 Å². The molecule has 1 aliphatic heterocycles. The Balaban J connectivity index is 1.93. The molecule has 2 N–H and O–H groups in total. The lowest BCUT2D eigenvalue weighted by Crippen LogP contribution is -2.38. The highest BCUT2D eigenvalue weighted by molar-refractivity contribution is 5.89. The van der Waals surface area contributed by atoms with Crippen molar-refractivity contribution in [3.63, 3.8) is 0 Å². The van der Waals surface area contributed by atoms with E-state index in [1.54, 1.807) is 29.2 Å². The van der Waals surface area contributed by atoms with Crippen LogP contribution in [0.25, 0.3) is 0 Å². The van der Waals surface area contributed by atoms with Crippen LogP contribution in [0.3, 0.4) is 0 Å². The van der Waals surface area contributed by atoms with Gasteiger partial charge >= 0.3 is 12.0 Å². The van der Waals surface area contributed by atoms with Crippen molar-refractivity contribution in [3.8, 4) is 0 Å². The molecule has 2 rings (SSSR count). The highest BCUT2D eigenvalue weighted by Gasteiger charge is 2.19. The second-order valence-electron chi connectivity index (χ2n) is 5.18. The molecule has 1 atom stereocenters. The van der Waals surface area contributed by atoms with E-state index in [9.17, 15) is 9.59 Å². The summed E-state index contributed by atoms with van der Waals surface area (Å²) in [5, 5.41) is 11.5. The number of aliphatic carboxylic acids is 1. The van der Waals surface area contributed by atoms with Crippen LogP contribution >= 0.6 is 0 Å². The molecule has 2 amide bonds. The van der Waals surface area contributed by atoms with Crippen molar-refractivity contribution in [2.45, 2.75) is 25.9 Å². The van der Waals surface area contributed by atoms with Gasteiger partial charge in [-0.15, -0.1) is 0 Å². The fourth-order valence-electron chi connectivity index (χ4n) is 2.26. The number of urea groups is 1. The topological polar surface area (TPSA) is 78.9 Å². The zero-order valence-electron chi connectivity index (χ0n) is 12.0. The molecule has 1 fully saturated rings. The van der Waals surface area contributed by atoms with Gasteiger partial charge in [0.25, 0.3) is 0 Å². The maximum Gasteiger partial charge on any atom is 0.321 e. The fraction of sp³-hybridized carbons (Fsp3) is 0.467. The van der Waals surface area contributed by atoms with Crippen LogP contribution in [0.1, 0.15) is 18.9 Å².